The van der Waals surface area contributed by atoms with Gasteiger partial charge in [-0.1, -0.05) is 6.07 Å². The Morgan fingerprint density at radius 2 is 2.27 bits per heavy atom. The molecule has 3 rings (SSSR count). The Morgan fingerprint density at radius 1 is 1.45 bits per heavy atom. The third-order valence-electron chi connectivity index (χ3n) is 3.54. The fourth-order valence-electron chi connectivity index (χ4n) is 2.34. The number of nitrogens with zero attached hydrogens (tertiary/aromatic N) is 2. The van der Waals surface area contributed by atoms with E-state index in [1.165, 1.54) is 0 Å². The van der Waals surface area contributed by atoms with E-state index in [-0.39, 0.29) is 11.9 Å². The first-order chi connectivity index (χ1) is 10.7. The summed E-state index contributed by atoms with van der Waals surface area (Å²) in [4.78, 5) is 12.4. The summed E-state index contributed by atoms with van der Waals surface area (Å²) in [5, 5.41) is 12.2. The first-order valence-corrected chi connectivity index (χ1v) is 7.38. The topological polar surface area (TPSA) is 67.0 Å². The van der Waals surface area contributed by atoms with Crippen LogP contribution in [0.2, 0.25) is 0 Å². The van der Waals surface area contributed by atoms with Gasteiger partial charge in [0, 0.05) is 24.0 Å². The zero-order valence-corrected chi connectivity index (χ0v) is 12.4. The van der Waals surface area contributed by atoms with Crippen LogP contribution in [0.3, 0.4) is 0 Å². The van der Waals surface area contributed by atoms with Gasteiger partial charge >= 0.3 is 0 Å². The number of nitrogens with one attached hydrogen (secondary N) is 1. The standard InChI is InChI=1S/C17H17N3O2/c1-2-22-15-5-3-4-14(10-15)20-9-8-12(11-18)16(20)17(21)19-13-6-7-13/h3-5,8-10,13H,2,6-7H2,1H3,(H,19,21). The van der Waals surface area contributed by atoms with Crippen molar-refractivity contribution in [2.45, 2.75) is 25.8 Å². The molecule has 112 valence electrons. The van der Waals surface area contributed by atoms with Crippen molar-refractivity contribution in [3.05, 3.63) is 47.8 Å². The molecule has 1 aliphatic carbocycles. The van der Waals surface area contributed by atoms with Crippen LogP contribution in [-0.2, 0) is 0 Å². The largest absolute Gasteiger partial charge is 0.494 e. The number of carbonyl (C=O) groups excluding carboxylic acids is 1. The highest BCUT2D eigenvalue weighted by molar-refractivity contribution is 5.96. The second kappa shape index (κ2) is 5.94. The van der Waals surface area contributed by atoms with Crippen LogP contribution in [0.25, 0.3) is 5.69 Å². The molecule has 1 aliphatic rings. The van der Waals surface area contributed by atoms with Gasteiger partial charge < -0.3 is 14.6 Å². The Balaban J connectivity index is 1.99. The number of benzene rings is 1. The summed E-state index contributed by atoms with van der Waals surface area (Å²) in [6, 6.07) is 11.5. The molecule has 2 aromatic rings. The predicted octanol–water partition coefficient (Wildman–Crippen LogP) is 2.64. The number of nitriles is 1. The lowest BCUT2D eigenvalue weighted by Gasteiger charge is -2.11. The minimum Gasteiger partial charge on any atom is -0.494 e. The predicted molar refractivity (Wildman–Crippen MR) is 82.1 cm³/mol. The third-order valence-corrected chi connectivity index (χ3v) is 3.54. The van der Waals surface area contributed by atoms with Crippen molar-refractivity contribution in [2.24, 2.45) is 0 Å². The Kier molecular flexibility index (Phi) is 3.84. The van der Waals surface area contributed by atoms with Crippen molar-refractivity contribution >= 4 is 5.91 Å². The van der Waals surface area contributed by atoms with Crippen LogP contribution in [-0.4, -0.2) is 23.1 Å². The van der Waals surface area contributed by atoms with E-state index in [0.717, 1.165) is 24.3 Å². The van der Waals surface area contributed by atoms with E-state index in [4.69, 9.17) is 4.74 Å². The van der Waals surface area contributed by atoms with E-state index in [0.29, 0.717) is 17.9 Å². The Bertz CT molecular complexity index is 739. The molecule has 1 N–H and O–H groups in total. The third kappa shape index (κ3) is 2.82. The summed E-state index contributed by atoms with van der Waals surface area (Å²) >= 11 is 0. The number of carbonyl (C=O) groups is 1. The van der Waals surface area contributed by atoms with Crippen LogP contribution in [0.15, 0.2) is 36.5 Å². The fourth-order valence-corrected chi connectivity index (χ4v) is 2.34. The van der Waals surface area contributed by atoms with Crippen molar-refractivity contribution < 1.29 is 9.53 Å². The van der Waals surface area contributed by atoms with Crippen LogP contribution < -0.4 is 10.1 Å². The molecule has 0 bridgehead atoms. The first kappa shape index (κ1) is 14.2. The molecule has 0 unspecified atom stereocenters. The molecular formula is C17H17N3O2. The van der Waals surface area contributed by atoms with Crippen molar-refractivity contribution in [1.29, 1.82) is 5.26 Å². The quantitative estimate of drug-likeness (QED) is 0.922. The lowest BCUT2D eigenvalue weighted by molar-refractivity contribution is 0.0944. The van der Waals surface area contributed by atoms with Gasteiger partial charge in [0.2, 0.25) is 0 Å². The SMILES string of the molecule is CCOc1cccc(-n2ccc(C#N)c2C(=O)NC2CC2)c1. The molecule has 1 aromatic heterocycles. The van der Waals surface area contributed by atoms with E-state index in [2.05, 4.69) is 11.4 Å². The van der Waals surface area contributed by atoms with Crippen molar-refractivity contribution in [2.75, 3.05) is 6.61 Å². The molecule has 0 atom stereocenters. The van der Waals surface area contributed by atoms with Gasteiger partial charge in [-0.3, -0.25) is 4.79 Å². The minimum absolute atomic E-state index is 0.203. The smallest absolute Gasteiger partial charge is 0.269 e. The van der Waals surface area contributed by atoms with Crippen LogP contribution >= 0.6 is 0 Å². The lowest BCUT2D eigenvalue weighted by atomic mass is 10.2. The molecule has 1 saturated carbocycles. The highest BCUT2D eigenvalue weighted by Gasteiger charge is 2.27. The summed E-state index contributed by atoms with van der Waals surface area (Å²) in [6.45, 7) is 2.50. The van der Waals surface area contributed by atoms with Gasteiger partial charge in [-0.2, -0.15) is 5.26 Å². The molecule has 1 fully saturated rings. The maximum absolute atomic E-state index is 12.4. The molecule has 0 saturated heterocycles. The normalized spacial score (nSPS) is 13.5. The van der Waals surface area contributed by atoms with E-state index in [9.17, 15) is 10.1 Å². The maximum Gasteiger partial charge on any atom is 0.269 e. The summed E-state index contributed by atoms with van der Waals surface area (Å²) in [6.07, 6.45) is 3.76. The Morgan fingerprint density at radius 3 is 2.95 bits per heavy atom. The van der Waals surface area contributed by atoms with Crippen LogP contribution in [0.5, 0.6) is 5.75 Å². The number of amides is 1. The van der Waals surface area contributed by atoms with Gasteiger partial charge in [0.15, 0.2) is 0 Å². The van der Waals surface area contributed by atoms with Crippen molar-refractivity contribution in [3.63, 3.8) is 0 Å². The van der Waals surface area contributed by atoms with Gasteiger partial charge in [0.05, 0.1) is 12.2 Å². The molecule has 5 nitrogen and oxygen atoms in total. The second-order valence-electron chi connectivity index (χ2n) is 5.24. The molecule has 0 radical (unpaired) electrons. The average Bonchev–Trinajstić information content (AvgIpc) is 3.22. The zero-order chi connectivity index (χ0) is 15.5. The summed E-state index contributed by atoms with van der Waals surface area (Å²) in [5.41, 5.74) is 1.55. The molecule has 5 heteroatoms. The van der Waals surface area contributed by atoms with E-state index in [1.54, 1.807) is 16.8 Å². The maximum atomic E-state index is 12.4. The molecular weight excluding hydrogens is 278 g/mol. The summed E-state index contributed by atoms with van der Waals surface area (Å²) < 4.78 is 7.23. The number of rotatable bonds is 5. The van der Waals surface area contributed by atoms with Gasteiger partial charge in [-0.15, -0.1) is 0 Å². The number of aromatic nitrogens is 1. The minimum atomic E-state index is -0.203. The number of hydrogen-bond acceptors (Lipinski definition) is 3. The zero-order valence-electron chi connectivity index (χ0n) is 12.4. The second-order valence-corrected chi connectivity index (χ2v) is 5.24. The van der Waals surface area contributed by atoms with E-state index in [1.807, 2.05) is 31.2 Å². The van der Waals surface area contributed by atoms with E-state index >= 15 is 0 Å². The van der Waals surface area contributed by atoms with Crippen LogP contribution in [0, 0.1) is 11.3 Å². The Hall–Kier alpha value is -2.74. The van der Waals surface area contributed by atoms with Gasteiger partial charge in [-0.05, 0) is 38.0 Å². The molecule has 1 aromatic carbocycles. The number of hydrogen-bond donors (Lipinski definition) is 1. The molecule has 1 heterocycles. The average molecular weight is 295 g/mol. The lowest BCUT2D eigenvalue weighted by Crippen LogP contribution is -2.28. The van der Waals surface area contributed by atoms with Gasteiger partial charge in [0.1, 0.15) is 17.5 Å². The first-order valence-electron chi connectivity index (χ1n) is 7.38. The van der Waals surface area contributed by atoms with Gasteiger partial charge in [-0.25, -0.2) is 0 Å². The van der Waals surface area contributed by atoms with Crippen LogP contribution in [0.1, 0.15) is 35.8 Å². The summed E-state index contributed by atoms with van der Waals surface area (Å²) in [7, 11) is 0. The van der Waals surface area contributed by atoms with Gasteiger partial charge in [0.25, 0.3) is 5.91 Å². The van der Waals surface area contributed by atoms with Crippen molar-refractivity contribution in [1.82, 2.24) is 9.88 Å². The van der Waals surface area contributed by atoms with Crippen LogP contribution in [0.4, 0.5) is 0 Å². The fraction of sp³-hybridized carbons (Fsp3) is 0.294. The molecule has 0 spiro atoms. The highest BCUT2D eigenvalue weighted by atomic mass is 16.5. The monoisotopic (exact) mass is 295 g/mol. The number of ether oxygens (including phenoxy) is 1. The molecule has 0 aliphatic heterocycles. The van der Waals surface area contributed by atoms with E-state index < -0.39 is 0 Å². The van der Waals surface area contributed by atoms with Crippen molar-refractivity contribution in [3.8, 4) is 17.5 Å². The summed E-state index contributed by atoms with van der Waals surface area (Å²) in [5.74, 6) is 0.534. The highest BCUT2D eigenvalue weighted by Crippen LogP contribution is 2.23. The molecule has 22 heavy (non-hydrogen) atoms. The Labute approximate surface area is 129 Å². The molecule has 1 amide bonds.